The Balaban J connectivity index is 2.30. The minimum Gasteiger partial charge on any atom is -0.327 e. The zero-order valence-corrected chi connectivity index (χ0v) is 8.36. The zero-order valence-electron chi connectivity index (χ0n) is 8.36. The summed E-state index contributed by atoms with van der Waals surface area (Å²) in [5.74, 6) is 0.243. The largest absolute Gasteiger partial charge is 0.327 e. The van der Waals surface area contributed by atoms with Crippen molar-refractivity contribution < 1.29 is 4.79 Å². The van der Waals surface area contributed by atoms with Crippen LogP contribution < -0.4 is 5.73 Å². The highest BCUT2D eigenvalue weighted by molar-refractivity contribution is 6.02. The van der Waals surface area contributed by atoms with Gasteiger partial charge in [0.2, 0.25) is 0 Å². The van der Waals surface area contributed by atoms with Crippen LogP contribution in [0, 0.1) is 5.92 Å². The van der Waals surface area contributed by atoms with Gasteiger partial charge in [0.05, 0.1) is 0 Å². The third-order valence-corrected chi connectivity index (χ3v) is 3.05. The number of rotatable bonds is 2. The van der Waals surface area contributed by atoms with Crippen molar-refractivity contribution in [3.05, 3.63) is 35.4 Å². The second kappa shape index (κ2) is 3.54. The summed E-state index contributed by atoms with van der Waals surface area (Å²) in [7, 11) is 0. The van der Waals surface area contributed by atoms with Crippen molar-refractivity contribution in [3.63, 3.8) is 0 Å². The van der Waals surface area contributed by atoms with Crippen molar-refractivity contribution in [1.82, 2.24) is 0 Å². The first-order chi connectivity index (χ1) is 6.74. The van der Waals surface area contributed by atoms with Crippen LogP contribution >= 0.6 is 0 Å². The Labute approximate surface area is 84.1 Å². The van der Waals surface area contributed by atoms with Crippen LogP contribution in [0.3, 0.4) is 0 Å². The lowest BCUT2D eigenvalue weighted by Crippen LogP contribution is -2.33. The molecule has 0 radical (unpaired) electrons. The first-order valence-electron chi connectivity index (χ1n) is 5.11. The highest BCUT2D eigenvalue weighted by Crippen LogP contribution is 2.28. The Bertz CT molecular complexity index is 359. The Morgan fingerprint density at radius 2 is 2.21 bits per heavy atom. The third kappa shape index (κ3) is 1.36. The molecule has 2 nitrogen and oxygen atoms in total. The molecule has 74 valence electrons. The summed E-state index contributed by atoms with van der Waals surface area (Å²) < 4.78 is 0. The van der Waals surface area contributed by atoms with Crippen LogP contribution in [0.5, 0.6) is 0 Å². The number of hydrogen-bond acceptors (Lipinski definition) is 2. The number of ketones is 1. The molecule has 0 heterocycles. The van der Waals surface area contributed by atoms with E-state index in [0.29, 0.717) is 0 Å². The van der Waals surface area contributed by atoms with Gasteiger partial charge in [0.1, 0.15) is 0 Å². The summed E-state index contributed by atoms with van der Waals surface area (Å²) in [5.41, 5.74) is 7.96. The molecule has 0 aromatic heterocycles. The third-order valence-electron chi connectivity index (χ3n) is 3.05. The summed E-state index contributed by atoms with van der Waals surface area (Å²) >= 11 is 0. The van der Waals surface area contributed by atoms with Crippen LogP contribution in [0.1, 0.15) is 29.3 Å². The van der Waals surface area contributed by atoms with Crippen LogP contribution in [-0.2, 0) is 6.42 Å². The Morgan fingerprint density at radius 1 is 1.50 bits per heavy atom. The molecule has 1 aliphatic rings. The smallest absolute Gasteiger partial charge is 0.168 e. The van der Waals surface area contributed by atoms with E-state index in [1.54, 1.807) is 0 Å². The summed E-state index contributed by atoms with van der Waals surface area (Å²) in [5, 5.41) is 0. The number of benzene rings is 1. The molecule has 0 saturated carbocycles. The molecule has 0 saturated heterocycles. The van der Waals surface area contributed by atoms with Gasteiger partial charge in [-0.05, 0) is 18.4 Å². The quantitative estimate of drug-likeness (QED) is 0.770. The first kappa shape index (κ1) is 9.41. The van der Waals surface area contributed by atoms with Gasteiger partial charge in [-0.3, -0.25) is 4.79 Å². The lowest BCUT2D eigenvalue weighted by atomic mass is 9.94. The number of carbonyl (C=O) groups excluding carboxylic acids is 1. The Morgan fingerprint density at radius 3 is 2.86 bits per heavy atom. The monoisotopic (exact) mass is 189 g/mol. The van der Waals surface area contributed by atoms with Gasteiger partial charge in [0, 0.05) is 17.5 Å². The first-order valence-corrected chi connectivity index (χ1v) is 5.11. The molecule has 2 atom stereocenters. The molecule has 1 aliphatic carbocycles. The molecule has 1 aromatic carbocycles. The second-order valence-corrected chi connectivity index (χ2v) is 3.90. The van der Waals surface area contributed by atoms with E-state index < -0.39 is 0 Å². The molecule has 1 aromatic rings. The highest BCUT2D eigenvalue weighted by Gasteiger charge is 2.33. The molecule has 14 heavy (non-hydrogen) atoms. The van der Waals surface area contributed by atoms with Crippen molar-refractivity contribution in [2.24, 2.45) is 11.7 Å². The minimum absolute atomic E-state index is 0.00917. The molecule has 0 bridgehead atoms. The fraction of sp³-hybridized carbons (Fsp3) is 0.417. The van der Waals surface area contributed by atoms with E-state index in [2.05, 4.69) is 0 Å². The molecular weight excluding hydrogens is 174 g/mol. The second-order valence-electron chi connectivity index (χ2n) is 3.90. The predicted octanol–water partition coefficient (Wildman–Crippen LogP) is 1.78. The van der Waals surface area contributed by atoms with E-state index in [1.807, 2.05) is 31.2 Å². The van der Waals surface area contributed by atoms with Gasteiger partial charge in [-0.2, -0.15) is 0 Å². The normalized spacial score (nSPS) is 22.1. The summed E-state index contributed by atoms with van der Waals surface area (Å²) in [6, 6.07) is 7.83. The fourth-order valence-electron chi connectivity index (χ4n) is 2.10. The van der Waals surface area contributed by atoms with Gasteiger partial charge in [-0.25, -0.2) is 0 Å². The lowest BCUT2D eigenvalue weighted by molar-refractivity contribution is 0.0918. The van der Waals surface area contributed by atoms with Crippen LogP contribution in [0.4, 0.5) is 0 Å². The molecule has 2 rings (SSSR count). The van der Waals surface area contributed by atoms with Crippen LogP contribution in [-0.4, -0.2) is 11.8 Å². The van der Waals surface area contributed by atoms with Crippen LogP contribution in [0.15, 0.2) is 24.3 Å². The van der Waals surface area contributed by atoms with E-state index in [4.69, 9.17) is 5.73 Å². The maximum atomic E-state index is 11.9. The minimum atomic E-state index is 0.00917. The van der Waals surface area contributed by atoms with Gasteiger partial charge in [0.25, 0.3) is 0 Å². The van der Waals surface area contributed by atoms with E-state index >= 15 is 0 Å². The summed E-state index contributed by atoms with van der Waals surface area (Å²) in [4.78, 5) is 11.9. The van der Waals surface area contributed by atoms with Gasteiger partial charge < -0.3 is 5.73 Å². The van der Waals surface area contributed by atoms with Crippen molar-refractivity contribution in [2.45, 2.75) is 25.8 Å². The maximum absolute atomic E-state index is 11.9. The number of hydrogen-bond donors (Lipinski definition) is 1. The Hall–Kier alpha value is -1.15. The van der Waals surface area contributed by atoms with E-state index in [9.17, 15) is 4.79 Å². The van der Waals surface area contributed by atoms with Crippen LogP contribution in [0.2, 0.25) is 0 Å². The molecule has 2 heteroatoms. The molecule has 0 fully saturated rings. The molecule has 0 amide bonds. The number of nitrogens with two attached hydrogens (primary N) is 1. The van der Waals surface area contributed by atoms with E-state index in [1.165, 1.54) is 0 Å². The van der Waals surface area contributed by atoms with Crippen molar-refractivity contribution >= 4 is 5.78 Å². The highest BCUT2D eigenvalue weighted by atomic mass is 16.1. The van der Waals surface area contributed by atoms with Gasteiger partial charge in [-0.1, -0.05) is 31.2 Å². The molecule has 2 unspecified atom stereocenters. The molecule has 0 spiro atoms. The lowest BCUT2D eigenvalue weighted by Gasteiger charge is -2.14. The SMILES string of the molecule is CCC(N)C1Cc2ccccc2C1=O. The average molecular weight is 189 g/mol. The predicted molar refractivity (Wildman–Crippen MR) is 56.2 cm³/mol. The molecule has 2 N–H and O–H groups in total. The fourth-order valence-corrected chi connectivity index (χ4v) is 2.10. The zero-order chi connectivity index (χ0) is 10.1. The Kier molecular flexibility index (Phi) is 2.38. The van der Waals surface area contributed by atoms with Gasteiger partial charge >= 0.3 is 0 Å². The van der Waals surface area contributed by atoms with Gasteiger partial charge in [-0.15, -0.1) is 0 Å². The summed E-state index contributed by atoms with van der Waals surface area (Å²) in [6.07, 6.45) is 1.69. The standard InChI is InChI=1S/C12H15NO/c1-2-11(13)10-7-8-5-3-4-6-9(8)12(10)14/h3-6,10-11H,2,7,13H2,1H3. The number of fused-ring (bicyclic) bond motifs is 1. The number of Topliss-reactive ketones (excluding diaryl/α,β-unsaturated/α-hetero) is 1. The van der Waals surface area contributed by atoms with E-state index in [0.717, 1.165) is 24.0 Å². The molecular formula is C12H15NO. The van der Waals surface area contributed by atoms with Crippen molar-refractivity contribution in [1.29, 1.82) is 0 Å². The summed E-state index contributed by atoms with van der Waals surface area (Å²) in [6.45, 7) is 2.03. The average Bonchev–Trinajstić information content (AvgIpc) is 2.56. The van der Waals surface area contributed by atoms with E-state index in [-0.39, 0.29) is 17.7 Å². The maximum Gasteiger partial charge on any atom is 0.168 e. The van der Waals surface area contributed by atoms with Crippen molar-refractivity contribution in [3.8, 4) is 0 Å². The number of carbonyl (C=O) groups is 1. The molecule has 0 aliphatic heterocycles. The topological polar surface area (TPSA) is 43.1 Å². The van der Waals surface area contributed by atoms with Crippen molar-refractivity contribution in [2.75, 3.05) is 0 Å². The van der Waals surface area contributed by atoms with Crippen LogP contribution in [0.25, 0.3) is 0 Å². The van der Waals surface area contributed by atoms with Gasteiger partial charge in [0.15, 0.2) is 5.78 Å².